The van der Waals surface area contributed by atoms with Crippen LogP contribution in [0.2, 0.25) is 0 Å². The van der Waals surface area contributed by atoms with E-state index in [1.54, 1.807) is 25.1 Å². The number of benzene rings is 2. The Morgan fingerprint density at radius 1 is 1.16 bits per heavy atom. The second-order valence-electron chi connectivity index (χ2n) is 7.85. The third-order valence-electron chi connectivity index (χ3n) is 5.60. The number of hydrogen-bond donors (Lipinski definition) is 1. The van der Waals surface area contributed by atoms with Crippen LogP contribution in [0.4, 0.5) is 10.1 Å². The Hall–Kier alpha value is -2.87. The lowest BCUT2D eigenvalue weighted by atomic mass is 10.0. The zero-order valence-electron chi connectivity index (χ0n) is 17.4. The highest BCUT2D eigenvalue weighted by molar-refractivity contribution is 7.84. The predicted molar refractivity (Wildman–Crippen MR) is 119 cm³/mol. The minimum Gasteiger partial charge on any atom is -0.321 e. The highest BCUT2D eigenvalue weighted by Gasteiger charge is 2.21. The van der Waals surface area contributed by atoms with Gasteiger partial charge in [0.05, 0.1) is 11.4 Å². The van der Waals surface area contributed by atoms with Gasteiger partial charge in [0.1, 0.15) is 5.82 Å². The maximum absolute atomic E-state index is 13.2. The summed E-state index contributed by atoms with van der Waals surface area (Å²) in [7, 11) is -0.903. The summed E-state index contributed by atoms with van der Waals surface area (Å²) in [5.74, 6) is -0.228. The summed E-state index contributed by atoms with van der Waals surface area (Å²) >= 11 is 0. The van der Waals surface area contributed by atoms with E-state index in [0.29, 0.717) is 22.8 Å². The summed E-state index contributed by atoms with van der Waals surface area (Å²) in [6, 6.07) is 13.3. The van der Waals surface area contributed by atoms with E-state index < -0.39 is 10.8 Å². The van der Waals surface area contributed by atoms with Crippen molar-refractivity contribution in [2.24, 2.45) is 0 Å². The molecule has 0 aliphatic heterocycles. The number of anilines is 1. The molecule has 0 saturated heterocycles. The molecule has 6 nitrogen and oxygen atoms in total. The molecule has 2 aromatic carbocycles. The highest BCUT2D eigenvalue weighted by atomic mass is 32.2. The van der Waals surface area contributed by atoms with Crippen molar-refractivity contribution in [1.29, 1.82) is 0 Å². The third kappa shape index (κ3) is 5.07. The van der Waals surface area contributed by atoms with E-state index in [1.807, 2.05) is 18.2 Å². The number of nitrogens with one attached hydrogen (secondary N) is 1. The quantitative estimate of drug-likeness (QED) is 0.610. The van der Waals surface area contributed by atoms with E-state index in [4.69, 9.17) is 0 Å². The number of carbonyl (C=O) groups excluding carboxylic acids is 1. The largest absolute Gasteiger partial charge is 0.321 e. The number of nitrogens with zero attached hydrogens (tertiary/aromatic N) is 3. The van der Waals surface area contributed by atoms with Gasteiger partial charge in [-0.05, 0) is 61.7 Å². The normalized spacial score (nSPS) is 15.5. The maximum Gasteiger partial charge on any atom is 0.278 e. The summed E-state index contributed by atoms with van der Waals surface area (Å²) in [5.41, 5.74) is 2.93. The minimum atomic E-state index is -0.903. The van der Waals surface area contributed by atoms with Gasteiger partial charge >= 0.3 is 0 Å². The highest BCUT2D eigenvalue weighted by Crippen LogP contribution is 2.24. The molecule has 0 spiro atoms. The first-order valence-corrected chi connectivity index (χ1v) is 11.8. The average molecular weight is 441 g/mol. The molecule has 3 aromatic rings. The molecule has 31 heavy (non-hydrogen) atoms. The molecule has 1 amide bonds. The second kappa shape index (κ2) is 9.51. The number of carbonyl (C=O) groups is 1. The van der Waals surface area contributed by atoms with Crippen LogP contribution in [-0.2, 0) is 16.6 Å². The van der Waals surface area contributed by atoms with Crippen molar-refractivity contribution in [3.05, 3.63) is 71.3 Å². The lowest BCUT2D eigenvalue weighted by molar-refractivity contribution is 0.102. The molecule has 4 rings (SSSR count). The van der Waals surface area contributed by atoms with Crippen LogP contribution in [-0.4, -0.2) is 30.4 Å². The number of rotatable bonds is 6. The summed E-state index contributed by atoms with van der Waals surface area (Å²) < 4.78 is 27.4. The van der Waals surface area contributed by atoms with Crippen LogP contribution in [0, 0.1) is 12.7 Å². The Bertz CT molecular complexity index is 1090. The molecule has 0 bridgehead atoms. The first-order chi connectivity index (χ1) is 15.0. The van der Waals surface area contributed by atoms with Crippen molar-refractivity contribution >= 4 is 22.4 Å². The van der Waals surface area contributed by atoms with E-state index in [2.05, 4.69) is 15.6 Å². The molecule has 1 atom stereocenters. The number of aromatic nitrogens is 3. The smallest absolute Gasteiger partial charge is 0.278 e. The van der Waals surface area contributed by atoms with Crippen molar-refractivity contribution in [2.45, 2.75) is 50.0 Å². The monoisotopic (exact) mass is 440 g/mol. The molecular weight excluding hydrogens is 415 g/mol. The Morgan fingerprint density at radius 2 is 1.90 bits per heavy atom. The van der Waals surface area contributed by atoms with Crippen molar-refractivity contribution in [1.82, 2.24) is 15.0 Å². The van der Waals surface area contributed by atoms with Gasteiger partial charge in [0.15, 0.2) is 5.69 Å². The average Bonchev–Trinajstić information content (AvgIpc) is 3.16. The molecule has 1 fully saturated rings. The summed E-state index contributed by atoms with van der Waals surface area (Å²) in [6.45, 7) is 1.74. The number of halogens is 1. The molecular formula is C23H25FN4O2S. The Morgan fingerprint density at radius 3 is 2.65 bits per heavy atom. The van der Waals surface area contributed by atoms with Gasteiger partial charge in [-0.1, -0.05) is 36.6 Å². The SMILES string of the molecule is Cc1c(C(=O)Nc2cccc(CS(=O)C3CCCCC3)c2)nnn1-c1ccc(F)cc1. The minimum absolute atomic E-state index is 0.195. The summed E-state index contributed by atoms with van der Waals surface area (Å²) in [5, 5.41) is 11.2. The lowest BCUT2D eigenvalue weighted by Gasteiger charge is -2.21. The van der Waals surface area contributed by atoms with Gasteiger partial charge < -0.3 is 5.32 Å². The van der Waals surface area contributed by atoms with Crippen molar-refractivity contribution in [2.75, 3.05) is 5.32 Å². The fraction of sp³-hybridized carbons (Fsp3) is 0.348. The van der Waals surface area contributed by atoms with Gasteiger partial charge in [-0.15, -0.1) is 5.10 Å². The lowest BCUT2D eigenvalue weighted by Crippen LogP contribution is -2.20. The number of amides is 1. The topological polar surface area (TPSA) is 76.9 Å². The standard InChI is InChI=1S/C23H25FN4O2S/c1-16-22(26-27-28(16)20-12-10-18(24)11-13-20)23(29)25-19-7-5-6-17(14-19)15-31(30)21-8-3-2-4-9-21/h5-7,10-14,21H,2-4,8-9,15H2,1H3,(H,25,29). The Kier molecular flexibility index (Phi) is 6.56. The molecule has 1 aromatic heterocycles. The fourth-order valence-electron chi connectivity index (χ4n) is 3.91. The van der Waals surface area contributed by atoms with Crippen molar-refractivity contribution in [3.63, 3.8) is 0 Å². The molecule has 1 heterocycles. The van der Waals surface area contributed by atoms with E-state index in [1.165, 1.54) is 23.2 Å². The first-order valence-electron chi connectivity index (χ1n) is 10.5. The Balaban J connectivity index is 1.45. The van der Waals surface area contributed by atoms with Crippen LogP contribution in [0.1, 0.15) is 53.8 Å². The van der Waals surface area contributed by atoms with Crippen LogP contribution in [0.5, 0.6) is 0 Å². The molecule has 1 N–H and O–H groups in total. The van der Waals surface area contributed by atoms with Crippen molar-refractivity contribution < 1.29 is 13.4 Å². The second-order valence-corrected chi connectivity index (χ2v) is 9.57. The molecule has 1 aliphatic carbocycles. The molecule has 1 saturated carbocycles. The molecule has 8 heteroatoms. The zero-order valence-corrected chi connectivity index (χ0v) is 18.2. The van der Waals surface area contributed by atoms with Crippen LogP contribution in [0.3, 0.4) is 0 Å². The van der Waals surface area contributed by atoms with E-state index >= 15 is 0 Å². The zero-order chi connectivity index (χ0) is 21.8. The van der Waals surface area contributed by atoms with Crippen LogP contribution >= 0.6 is 0 Å². The molecule has 1 unspecified atom stereocenters. The molecule has 0 radical (unpaired) electrons. The van der Waals surface area contributed by atoms with Crippen LogP contribution in [0.15, 0.2) is 48.5 Å². The summed E-state index contributed by atoms with van der Waals surface area (Å²) in [4.78, 5) is 12.8. The van der Waals surface area contributed by atoms with Gasteiger partial charge in [0.2, 0.25) is 0 Å². The molecule has 162 valence electrons. The van der Waals surface area contributed by atoms with Gasteiger partial charge in [0, 0.05) is 27.5 Å². The Labute approximate surface area is 183 Å². The summed E-state index contributed by atoms with van der Waals surface area (Å²) in [6.07, 6.45) is 5.62. The van der Waals surface area contributed by atoms with E-state index in [0.717, 1.165) is 31.2 Å². The predicted octanol–water partition coefficient (Wildman–Crippen LogP) is 4.55. The van der Waals surface area contributed by atoms with Gasteiger partial charge in [0.25, 0.3) is 5.91 Å². The van der Waals surface area contributed by atoms with Crippen molar-refractivity contribution in [3.8, 4) is 5.69 Å². The van der Waals surface area contributed by atoms with E-state index in [-0.39, 0.29) is 22.7 Å². The number of hydrogen-bond acceptors (Lipinski definition) is 4. The fourth-order valence-corrected chi connectivity index (χ4v) is 5.51. The van der Waals surface area contributed by atoms with Gasteiger partial charge in [-0.25, -0.2) is 9.07 Å². The maximum atomic E-state index is 13.2. The van der Waals surface area contributed by atoms with Crippen LogP contribution in [0.25, 0.3) is 5.69 Å². The molecule has 1 aliphatic rings. The van der Waals surface area contributed by atoms with E-state index in [9.17, 15) is 13.4 Å². The first kappa shape index (κ1) is 21.4. The van der Waals surface area contributed by atoms with Gasteiger partial charge in [-0.2, -0.15) is 0 Å². The third-order valence-corrected chi connectivity index (χ3v) is 7.43. The van der Waals surface area contributed by atoms with Gasteiger partial charge in [-0.3, -0.25) is 9.00 Å². The van der Waals surface area contributed by atoms with Crippen LogP contribution < -0.4 is 5.32 Å².